The van der Waals surface area contributed by atoms with Gasteiger partial charge in [-0.05, 0) is 37.1 Å². The lowest BCUT2D eigenvalue weighted by atomic mass is 10.1. The van der Waals surface area contributed by atoms with Crippen molar-refractivity contribution >= 4 is 9.84 Å². The maximum Gasteiger partial charge on any atom is 0.151 e. The van der Waals surface area contributed by atoms with E-state index in [1.807, 2.05) is 0 Å². The summed E-state index contributed by atoms with van der Waals surface area (Å²) in [7, 11) is -2.89. The molecule has 1 atom stereocenters. The van der Waals surface area contributed by atoms with Gasteiger partial charge in [0.1, 0.15) is 11.6 Å². The predicted molar refractivity (Wildman–Crippen MR) is 65.1 cm³/mol. The third-order valence-electron chi connectivity index (χ3n) is 3.00. The molecule has 0 aliphatic carbocycles. The molecule has 0 spiro atoms. The van der Waals surface area contributed by atoms with Crippen LogP contribution >= 0.6 is 0 Å². The van der Waals surface area contributed by atoms with Crippen LogP contribution in [0, 0.1) is 11.6 Å². The van der Waals surface area contributed by atoms with Crippen LogP contribution in [0.3, 0.4) is 0 Å². The van der Waals surface area contributed by atoms with Crippen LogP contribution in [0.15, 0.2) is 18.2 Å². The normalized spacial score (nSPS) is 22.2. The summed E-state index contributed by atoms with van der Waals surface area (Å²) in [5.74, 6) is -0.800. The van der Waals surface area contributed by atoms with Crippen LogP contribution in [-0.2, 0) is 16.3 Å². The SMILES string of the molecule is O=S1(=O)CCC(NCCc2cc(F)cc(F)c2)C1. The summed E-state index contributed by atoms with van der Waals surface area (Å²) >= 11 is 0. The Bertz CT molecular complexity index is 511. The summed E-state index contributed by atoms with van der Waals surface area (Å²) in [5, 5.41) is 3.10. The highest BCUT2D eigenvalue weighted by Crippen LogP contribution is 2.12. The summed E-state index contributed by atoms with van der Waals surface area (Å²) in [4.78, 5) is 0. The van der Waals surface area contributed by atoms with Gasteiger partial charge in [0.15, 0.2) is 9.84 Å². The molecule has 1 heterocycles. The van der Waals surface area contributed by atoms with Crippen LogP contribution in [0.5, 0.6) is 0 Å². The lowest BCUT2D eigenvalue weighted by molar-refractivity contribution is 0.551. The molecule has 0 bridgehead atoms. The first kappa shape index (κ1) is 13.4. The van der Waals surface area contributed by atoms with Crippen LogP contribution < -0.4 is 5.32 Å². The van der Waals surface area contributed by atoms with E-state index in [0.29, 0.717) is 24.9 Å². The number of hydrogen-bond acceptors (Lipinski definition) is 3. The van der Waals surface area contributed by atoms with E-state index < -0.39 is 21.5 Å². The van der Waals surface area contributed by atoms with Crippen molar-refractivity contribution in [2.24, 2.45) is 0 Å². The maximum atomic E-state index is 12.9. The minimum Gasteiger partial charge on any atom is -0.313 e. The van der Waals surface area contributed by atoms with E-state index in [2.05, 4.69) is 5.32 Å². The molecule has 1 N–H and O–H groups in total. The molecule has 2 rings (SSSR count). The molecule has 1 saturated heterocycles. The van der Waals surface area contributed by atoms with Gasteiger partial charge < -0.3 is 5.32 Å². The Kier molecular flexibility index (Phi) is 3.97. The second-order valence-electron chi connectivity index (χ2n) is 4.58. The van der Waals surface area contributed by atoms with Gasteiger partial charge in [-0.15, -0.1) is 0 Å². The smallest absolute Gasteiger partial charge is 0.151 e. The minimum absolute atomic E-state index is 0.0339. The summed E-state index contributed by atoms with van der Waals surface area (Å²) in [6, 6.07) is 3.38. The molecular formula is C12H15F2NO2S. The molecule has 3 nitrogen and oxygen atoms in total. The van der Waals surface area contributed by atoms with Gasteiger partial charge in [-0.25, -0.2) is 17.2 Å². The average Bonchev–Trinajstić information content (AvgIpc) is 2.57. The second-order valence-corrected chi connectivity index (χ2v) is 6.81. The Labute approximate surface area is 105 Å². The Balaban J connectivity index is 1.82. The first-order valence-corrected chi connectivity index (χ1v) is 7.65. The highest BCUT2D eigenvalue weighted by atomic mass is 32.2. The molecule has 1 aromatic rings. The molecule has 0 aromatic heterocycles. The van der Waals surface area contributed by atoms with Gasteiger partial charge in [0.05, 0.1) is 11.5 Å². The number of hydrogen-bond donors (Lipinski definition) is 1. The van der Waals surface area contributed by atoms with Gasteiger partial charge in [0.2, 0.25) is 0 Å². The zero-order chi connectivity index (χ0) is 13.2. The Morgan fingerprint density at radius 2 is 1.89 bits per heavy atom. The van der Waals surface area contributed by atoms with Gasteiger partial charge in [0.25, 0.3) is 0 Å². The molecule has 100 valence electrons. The molecule has 6 heteroatoms. The van der Waals surface area contributed by atoms with Crippen LogP contribution in [0.1, 0.15) is 12.0 Å². The van der Waals surface area contributed by atoms with Crippen molar-refractivity contribution in [3.63, 3.8) is 0 Å². The molecule has 1 aliphatic heterocycles. The fraction of sp³-hybridized carbons (Fsp3) is 0.500. The number of rotatable bonds is 4. The topological polar surface area (TPSA) is 46.2 Å². The molecule has 18 heavy (non-hydrogen) atoms. The number of benzene rings is 1. The van der Waals surface area contributed by atoms with Crippen molar-refractivity contribution in [3.8, 4) is 0 Å². The van der Waals surface area contributed by atoms with E-state index in [0.717, 1.165) is 6.07 Å². The predicted octanol–water partition coefficient (Wildman–Crippen LogP) is 1.28. The van der Waals surface area contributed by atoms with Gasteiger partial charge in [-0.2, -0.15) is 0 Å². The minimum atomic E-state index is -2.89. The summed E-state index contributed by atoms with van der Waals surface area (Å²) < 4.78 is 48.3. The average molecular weight is 275 g/mol. The fourth-order valence-electron chi connectivity index (χ4n) is 2.13. The quantitative estimate of drug-likeness (QED) is 0.900. The summed E-state index contributed by atoms with van der Waals surface area (Å²) in [5.41, 5.74) is 0.570. The lowest BCUT2D eigenvalue weighted by Crippen LogP contribution is -2.31. The largest absolute Gasteiger partial charge is 0.313 e. The molecule has 0 saturated carbocycles. The molecule has 1 unspecified atom stereocenters. The summed E-state index contributed by atoms with van der Waals surface area (Å²) in [6.45, 7) is 0.517. The van der Waals surface area contributed by atoms with Crippen molar-refractivity contribution in [1.82, 2.24) is 5.32 Å². The van der Waals surface area contributed by atoms with Crippen LogP contribution in [-0.4, -0.2) is 32.5 Å². The van der Waals surface area contributed by atoms with Crippen molar-refractivity contribution < 1.29 is 17.2 Å². The molecule has 0 radical (unpaired) electrons. The van der Waals surface area contributed by atoms with E-state index in [9.17, 15) is 17.2 Å². The zero-order valence-corrected chi connectivity index (χ0v) is 10.6. The van der Waals surface area contributed by atoms with Crippen LogP contribution in [0.2, 0.25) is 0 Å². The van der Waals surface area contributed by atoms with Crippen molar-refractivity contribution in [3.05, 3.63) is 35.4 Å². The zero-order valence-electron chi connectivity index (χ0n) is 9.83. The third kappa shape index (κ3) is 3.74. The Morgan fingerprint density at radius 3 is 2.44 bits per heavy atom. The van der Waals surface area contributed by atoms with E-state index >= 15 is 0 Å². The van der Waals surface area contributed by atoms with Gasteiger partial charge in [-0.1, -0.05) is 0 Å². The molecule has 1 aliphatic rings. The maximum absolute atomic E-state index is 12.9. The third-order valence-corrected chi connectivity index (χ3v) is 4.77. The number of sulfone groups is 1. The molecule has 1 fully saturated rings. The summed E-state index contributed by atoms with van der Waals surface area (Å²) in [6.07, 6.45) is 1.09. The van der Waals surface area contributed by atoms with Gasteiger partial charge in [0, 0.05) is 12.1 Å². The Hall–Kier alpha value is -1.01. The fourth-order valence-corrected chi connectivity index (χ4v) is 3.84. The van der Waals surface area contributed by atoms with E-state index in [-0.39, 0.29) is 17.5 Å². The van der Waals surface area contributed by atoms with E-state index in [4.69, 9.17) is 0 Å². The second kappa shape index (κ2) is 5.32. The van der Waals surface area contributed by atoms with Crippen molar-refractivity contribution in [2.45, 2.75) is 18.9 Å². The van der Waals surface area contributed by atoms with Crippen LogP contribution in [0.25, 0.3) is 0 Å². The standard InChI is InChI=1S/C12H15F2NO2S/c13-10-5-9(6-11(14)7-10)1-3-15-12-2-4-18(16,17)8-12/h5-7,12,15H,1-4,8H2. The molecule has 1 aromatic carbocycles. The van der Waals surface area contributed by atoms with E-state index in [1.165, 1.54) is 12.1 Å². The van der Waals surface area contributed by atoms with Gasteiger partial charge in [-0.3, -0.25) is 0 Å². The number of nitrogens with one attached hydrogen (secondary N) is 1. The van der Waals surface area contributed by atoms with E-state index in [1.54, 1.807) is 0 Å². The number of halogens is 2. The Morgan fingerprint density at radius 1 is 1.22 bits per heavy atom. The lowest BCUT2D eigenvalue weighted by Gasteiger charge is -2.10. The highest BCUT2D eigenvalue weighted by Gasteiger charge is 2.26. The first-order chi connectivity index (χ1) is 8.44. The van der Waals surface area contributed by atoms with Gasteiger partial charge >= 0.3 is 0 Å². The molecular weight excluding hydrogens is 260 g/mol. The van der Waals surface area contributed by atoms with Crippen LogP contribution in [0.4, 0.5) is 8.78 Å². The first-order valence-electron chi connectivity index (χ1n) is 5.83. The molecule has 0 amide bonds. The monoisotopic (exact) mass is 275 g/mol. The van der Waals surface area contributed by atoms with Crippen molar-refractivity contribution in [1.29, 1.82) is 0 Å². The highest BCUT2D eigenvalue weighted by molar-refractivity contribution is 7.91. The van der Waals surface area contributed by atoms with Crippen molar-refractivity contribution in [2.75, 3.05) is 18.1 Å².